The van der Waals surface area contributed by atoms with Crippen LogP contribution in [0.15, 0.2) is 57.9 Å². The average molecular weight is 1160 g/mol. The Morgan fingerprint density at radius 1 is 0.798 bits per heavy atom. The maximum absolute atomic E-state index is 16.7. The van der Waals surface area contributed by atoms with Crippen molar-refractivity contribution in [2.75, 3.05) is 76.7 Å². The number of hydrogen-bond donors (Lipinski definition) is 3. The van der Waals surface area contributed by atoms with Crippen molar-refractivity contribution in [2.45, 2.75) is 121 Å². The second-order valence-electron chi connectivity index (χ2n) is 24.8. The standard InChI is InChI=1S/C62H71F2N6O14/c1-32-27-65-18-19-67(32)52-45(64)25-40-50(56(52)81-6)70(36-10-11-36)30-42(54(40)75)58(77)84-31-83-57(76)41-29-69(35-8-9-35)49-39(53(41)74)24-44(63)51(55(49)80-5)66-20-21-68(33(2)28-66)59(78)82-22-15-47(73)62(79)17-14-43-38-12-7-34-23-37(71)13-16-60(34,3)48(38)46(72)26-61(43,62)4/h13,15-16,23-25,29-30,32-33,35-36,38,43,46,48,65,72,79H,7-12,14,17-22,26-28,31H2,1-6H3/t32?,33?,38?,43?,46-,48?,60-,61-,62-/m0/s1. The Morgan fingerprint density at radius 2 is 1.40 bits per heavy atom. The van der Waals surface area contributed by atoms with Crippen LogP contribution < -0.4 is 35.4 Å². The number of aromatic nitrogens is 2. The minimum atomic E-state index is -1.79. The second kappa shape index (κ2) is 21.4. The Morgan fingerprint density at radius 3 is 1.99 bits per heavy atom. The number of aliphatic hydroxyl groups is 2. The van der Waals surface area contributed by atoms with E-state index in [0.717, 1.165) is 37.0 Å². The molecule has 6 aliphatic carbocycles. The number of anilines is 2. The van der Waals surface area contributed by atoms with Crippen molar-refractivity contribution in [3.63, 3.8) is 0 Å². The zero-order valence-electron chi connectivity index (χ0n) is 48.0. The third-order valence-corrected chi connectivity index (χ3v) is 20.0. The number of allylic oxidation sites excluding steroid dienone is 4. The predicted octanol–water partition coefficient (Wildman–Crippen LogP) is 6.48. The Labute approximate surface area is 483 Å². The van der Waals surface area contributed by atoms with Crippen molar-refractivity contribution in [1.82, 2.24) is 19.4 Å². The summed E-state index contributed by atoms with van der Waals surface area (Å²) >= 11 is 0. The number of carbonyl (C=O) groups excluding carboxylic acids is 5. The minimum absolute atomic E-state index is 0.0194. The molecule has 447 valence electrons. The van der Waals surface area contributed by atoms with Gasteiger partial charge in [-0.1, -0.05) is 25.5 Å². The summed E-state index contributed by atoms with van der Waals surface area (Å²) in [7, 11) is 2.75. The summed E-state index contributed by atoms with van der Waals surface area (Å²) in [6.45, 7) is 8.28. The number of hydrogen-bond acceptors (Lipinski definition) is 17. The van der Waals surface area contributed by atoms with Crippen molar-refractivity contribution in [3.05, 3.63) is 98.0 Å². The highest BCUT2D eigenvalue weighted by molar-refractivity contribution is 6.02. The molecule has 2 aromatic heterocycles. The lowest BCUT2D eigenvalue weighted by Crippen LogP contribution is -2.61. The first-order chi connectivity index (χ1) is 40.1. The van der Waals surface area contributed by atoms with Crippen LogP contribution in [-0.2, 0) is 23.8 Å². The monoisotopic (exact) mass is 1160 g/mol. The molecule has 9 atom stereocenters. The molecule has 1 radical (unpaired) electrons. The van der Waals surface area contributed by atoms with Gasteiger partial charge < -0.3 is 63.0 Å². The number of methoxy groups -OCH3 is 2. The summed E-state index contributed by atoms with van der Waals surface area (Å²) in [5, 5.41) is 27.0. The number of amides is 1. The molecule has 0 bridgehead atoms. The highest BCUT2D eigenvalue weighted by Crippen LogP contribution is 2.67. The van der Waals surface area contributed by atoms with Gasteiger partial charge in [-0.3, -0.25) is 19.2 Å². The van der Waals surface area contributed by atoms with Crippen molar-refractivity contribution in [2.24, 2.45) is 28.6 Å². The first-order valence-corrected chi connectivity index (χ1v) is 29.3. The first-order valence-electron chi connectivity index (χ1n) is 29.3. The Hall–Kier alpha value is -7.17. The fourth-order valence-electron chi connectivity index (χ4n) is 15.5. The number of rotatable bonds is 14. The summed E-state index contributed by atoms with van der Waals surface area (Å²) in [5.74, 6) is -4.48. The number of halogens is 2. The van der Waals surface area contributed by atoms with Gasteiger partial charge in [0.15, 0.2) is 34.7 Å². The second-order valence-corrected chi connectivity index (χ2v) is 24.8. The number of pyridine rings is 2. The van der Waals surface area contributed by atoms with E-state index < -0.39 is 99.4 Å². The van der Waals surface area contributed by atoms with Crippen LogP contribution in [0.3, 0.4) is 0 Å². The number of aliphatic hydroxyl groups excluding tert-OH is 1. The van der Waals surface area contributed by atoms with Gasteiger partial charge in [-0.2, -0.15) is 0 Å². The highest BCUT2D eigenvalue weighted by atomic mass is 19.1. The highest BCUT2D eigenvalue weighted by Gasteiger charge is 2.68. The number of carbonyl (C=O) groups is 5. The summed E-state index contributed by atoms with van der Waals surface area (Å²) in [4.78, 5) is 101. The van der Waals surface area contributed by atoms with Crippen LogP contribution >= 0.6 is 0 Å². The molecule has 5 unspecified atom stereocenters. The fraction of sp³-hybridized carbons (Fsp3) is 0.548. The van der Waals surface area contributed by atoms with E-state index in [1.807, 2.05) is 24.8 Å². The topological polar surface area (TPSA) is 238 Å². The van der Waals surface area contributed by atoms with Gasteiger partial charge in [0.05, 0.1) is 48.6 Å². The third-order valence-electron chi connectivity index (χ3n) is 20.0. The van der Waals surface area contributed by atoms with E-state index in [9.17, 15) is 43.8 Å². The normalized spacial score (nSPS) is 29.2. The number of ether oxygens (including phenoxy) is 5. The molecular weight excluding hydrogens is 1090 g/mol. The maximum atomic E-state index is 16.7. The smallest absolute Gasteiger partial charge is 0.410 e. The lowest BCUT2D eigenvalue weighted by Gasteiger charge is -2.59. The van der Waals surface area contributed by atoms with Gasteiger partial charge in [0.1, 0.15) is 34.7 Å². The summed E-state index contributed by atoms with van der Waals surface area (Å²) in [6, 6.07) is 1.21. The van der Waals surface area contributed by atoms with Gasteiger partial charge in [-0.15, -0.1) is 0 Å². The number of piperazine rings is 2. The molecule has 2 saturated heterocycles. The molecule has 12 rings (SSSR count). The minimum Gasteiger partial charge on any atom is -0.492 e. The van der Waals surface area contributed by atoms with E-state index in [2.05, 4.69) is 12.2 Å². The van der Waals surface area contributed by atoms with E-state index in [4.69, 9.17) is 23.7 Å². The largest absolute Gasteiger partial charge is 0.492 e. The van der Waals surface area contributed by atoms with E-state index in [1.165, 1.54) is 37.9 Å². The molecule has 3 N–H and O–H groups in total. The Balaban J connectivity index is 0.702. The Bertz CT molecular complexity index is 3630. The van der Waals surface area contributed by atoms with Gasteiger partial charge in [-0.25, -0.2) is 23.2 Å². The number of fused-ring (bicyclic) bond motifs is 7. The summed E-state index contributed by atoms with van der Waals surface area (Å²) < 4.78 is 64.1. The number of Topliss-reactive ketones (excluding diaryl/α,β-unsaturated/α-hetero) is 1. The van der Waals surface area contributed by atoms with Crippen LogP contribution in [0.4, 0.5) is 25.0 Å². The fourth-order valence-corrected chi connectivity index (χ4v) is 15.5. The van der Waals surface area contributed by atoms with E-state index in [-0.39, 0.29) is 113 Å². The van der Waals surface area contributed by atoms with E-state index in [0.29, 0.717) is 50.8 Å². The number of esters is 2. The van der Waals surface area contributed by atoms with Gasteiger partial charge in [-0.05, 0) is 108 Å². The van der Waals surface area contributed by atoms with Gasteiger partial charge in [0.25, 0.3) is 0 Å². The zero-order chi connectivity index (χ0) is 59.5. The summed E-state index contributed by atoms with van der Waals surface area (Å²) in [5.41, 5.74) is -3.97. The lowest BCUT2D eigenvalue weighted by molar-refractivity contribution is -0.174. The van der Waals surface area contributed by atoms with Crippen LogP contribution in [0.5, 0.6) is 11.5 Å². The molecule has 8 aliphatic rings. The van der Waals surface area contributed by atoms with Gasteiger partial charge >= 0.3 is 18.0 Å². The van der Waals surface area contributed by atoms with Gasteiger partial charge in [0.2, 0.25) is 17.7 Å². The number of nitrogens with zero attached hydrogens (tertiary/aromatic N) is 5. The van der Waals surface area contributed by atoms with E-state index in [1.54, 1.807) is 33.1 Å². The van der Waals surface area contributed by atoms with Crippen LogP contribution in [-0.4, -0.2) is 145 Å². The van der Waals surface area contributed by atoms with Gasteiger partial charge in [0, 0.05) is 92.6 Å². The first kappa shape index (κ1) is 57.3. The average Bonchev–Trinajstić information content (AvgIpc) is 1.49. The van der Waals surface area contributed by atoms with Crippen molar-refractivity contribution >= 4 is 62.8 Å². The van der Waals surface area contributed by atoms with Crippen LogP contribution in [0.2, 0.25) is 0 Å². The summed E-state index contributed by atoms with van der Waals surface area (Å²) in [6.07, 6.45) is 12.7. The zero-order valence-corrected chi connectivity index (χ0v) is 48.0. The molecule has 4 aromatic rings. The molecule has 20 nitrogen and oxygen atoms in total. The maximum Gasteiger partial charge on any atom is 0.410 e. The van der Waals surface area contributed by atoms with Crippen LogP contribution in [0.1, 0.15) is 118 Å². The van der Waals surface area contributed by atoms with Crippen molar-refractivity contribution in [1.29, 1.82) is 0 Å². The number of ketones is 2. The molecule has 2 aromatic carbocycles. The number of benzene rings is 2. The van der Waals surface area contributed by atoms with Crippen LogP contribution in [0, 0.1) is 46.6 Å². The van der Waals surface area contributed by atoms with Crippen molar-refractivity contribution < 1.29 is 66.7 Å². The molecular formula is C62H71F2N6O14. The molecule has 0 spiro atoms. The van der Waals surface area contributed by atoms with E-state index >= 15 is 8.78 Å². The number of nitrogens with one attached hydrogen (secondary N) is 1. The molecule has 22 heteroatoms. The Kier molecular flexibility index (Phi) is 14.6. The quantitative estimate of drug-likeness (QED) is 0.0905. The SMILES string of the molecule is COc1c(N2CCN(C(=O)OC[CH]C(=O)[C@@]3(O)CCC4C5CCC6=CC(=O)C=C[C@]6(C)C5[C@@H](O)C[C@@]43C)C(C)C2)c(F)cc2c(=O)c(C(=O)OCOC(=O)c3cn(C4CC4)c4c(OC)c(N5CCNCC5C)c(F)cc4c3=O)cn(C3CC3)c12. The molecule has 7 fully saturated rings. The lowest BCUT2D eigenvalue weighted by atomic mass is 9.46. The van der Waals surface area contributed by atoms with Crippen molar-refractivity contribution in [3.8, 4) is 11.5 Å². The molecule has 5 saturated carbocycles. The molecule has 84 heavy (non-hydrogen) atoms. The molecule has 1 amide bonds. The van der Waals surface area contributed by atoms with Crippen LogP contribution in [0.25, 0.3) is 21.8 Å². The predicted molar refractivity (Wildman–Crippen MR) is 303 cm³/mol. The molecule has 4 heterocycles. The molecule has 2 aliphatic heterocycles. The third kappa shape index (κ3) is 9.26.